The maximum atomic E-state index is 13.7. The molecule has 0 bridgehead atoms. The monoisotopic (exact) mass is 293 g/mol. The Morgan fingerprint density at radius 3 is 2.48 bits per heavy atom. The third-order valence-corrected chi connectivity index (χ3v) is 3.23. The molecule has 0 spiro atoms. The SMILES string of the molecule is COc1ccc(C(C)Nc2cccc(F)c2F)c(OC)c1. The molecule has 2 aromatic rings. The van der Waals surface area contributed by atoms with Crippen molar-refractivity contribution in [3.05, 3.63) is 53.6 Å². The highest BCUT2D eigenvalue weighted by Gasteiger charge is 2.15. The molecule has 2 aromatic carbocycles. The van der Waals surface area contributed by atoms with Gasteiger partial charge in [0.2, 0.25) is 0 Å². The number of ether oxygens (including phenoxy) is 2. The van der Waals surface area contributed by atoms with Gasteiger partial charge in [0, 0.05) is 11.6 Å². The molecule has 0 saturated heterocycles. The molecule has 112 valence electrons. The molecule has 1 N–H and O–H groups in total. The highest BCUT2D eigenvalue weighted by molar-refractivity contribution is 5.50. The van der Waals surface area contributed by atoms with Crippen LogP contribution in [0.1, 0.15) is 18.5 Å². The Morgan fingerprint density at radius 2 is 1.81 bits per heavy atom. The largest absolute Gasteiger partial charge is 0.497 e. The molecule has 21 heavy (non-hydrogen) atoms. The van der Waals surface area contributed by atoms with Gasteiger partial charge in [-0.1, -0.05) is 6.07 Å². The van der Waals surface area contributed by atoms with E-state index in [-0.39, 0.29) is 11.7 Å². The molecule has 0 aromatic heterocycles. The van der Waals surface area contributed by atoms with Crippen LogP contribution in [0.3, 0.4) is 0 Å². The summed E-state index contributed by atoms with van der Waals surface area (Å²) in [5.41, 5.74) is 0.933. The second-order valence-electron chi connectivity index (χ2n) is 4.58. The molecule has 0 fully saturated rings. The van der Waals surface area contributed by atoms with Crippen LogP contribution in [0.2, 0.25) is 0 Å². The van der Waals surface area contributed by atoms with E-state index in [0.29, 0.717) is 11.5 Å². The molecule has 3 nitrogen and oxygen atoms in total. The number of nitrogens with one attached hydrogen (secondary N) is 1. The van der Waals surface area contributed by atoms with Crippen LogP contribution in [-0.4, -0.2) is 14.2 Å². The van der Waals surface area contributed by atoms with Gasteiger partial charge in [0.15, 0.2) is 11.6 Å². The number of hydrogen-bond acceptors (Lipinski definition) is 3. The Hall–Kier alpha value is -2.30. The van der Waals surface area contributed by atoms with Crippen molar-refractivity contribution in [2.24, 2.45) is 0 Å². The van der Waals surface area contributed by atoms with Crippen molar-refractivity contribution in [2.75, 3.05) is 19.5 Å². The lowest BCUT2D eigenvalue weighted by Crippen LogP contribution is -2.10. The summed E-state index contributed by atoms with van der Waals surface area (Å²) in [6, 6.07) is 9.13. The summed E-state index contributed by atoms with van der Waals surface area (Å²) in [5, 5.41) is 2.94. The molecule has 1 atom stereocenters. The lowest BCUT2D eigenvalue weighted by atomic mass is 10.1. The zero-order chi connectivity index (χ0) is 15.4. The average Bonchev–Trinajstić information content (AvgIpc) is 2.51. The predicted molar refractivity (Wildman–Crippen MR) is 77.9 cm³/mol. The van der Waals surface area contributed by atoms with Crippen LogP contribution in [-0.2, 0) is 0 Å². The van der Waals surface area contributed by atoms with Crippen molar-refractivity contribution in [3.8, 4) is 11.5 Å². The first-order valence-electron chi connectivity index (χ1n) is 6.49. The van der Waals surface area contributed by atoms with Crippen LogP contribution in [0.4, 0.5) is 14.5 Å². The van der Waals surface area contributed by atoms with Gasteiger partial charge in [0.1, 0.15) is 11.5 Å². The average molecular weight is 293 g/mol. The van der Waals surface area contributed by atoms with E-state index in [1.165, 1.54) is 12.1 Å². The van der Waals surface area contributed by atoms with Crippen molar-refractivity contribution in [3.63, 3.8) is 0 Å². The van der Waals surface area contributed by atoms with Crippen LogP contribution in [0.25, 0.3) is 0 Å². The smallest absolute Gasteiger partial charge is 0.181 e. The number of rotatable bonds is 5. The molecular weight excluding hydrogens is 276 g/mol. The lowest BCUT2D eigenvalue weighted by molar-refractivity contribution is 0.390. The first-order chi connectivity index (χ1) is 10.1. The molecule has 0 radical (unpaired) electrons. The molecule has 0 aliphatic rings. The highest BCUT2D eigenvalue weighted by atomic mass is 19.2. The fraction of sp³-hybridized carbons (Fsp3) is 0.250. The van der Waals surface area contributed by atoms with Crippen molar-refractivity contribution < 1.29 is 18.3 Å². The molecule has 0 aliphatic carbocycles. The molecule has 0 aliphatic heterocycles. The Kier molecular flexibility index (Phi) is 4.62. The molecular formula is C16H17F2NO2. The first-order valence-corrected chi connectivity index (χ1v) is 6.49. The van der Waals surface area contributed by atoms with Crippen LogP contribution < -0.4 is 14.8 Å². The van der Waals surface area contributed by atoms with E-state index in [2.05, 4.69) is 5.32 Å². The molecule has 1 unspecified atom stereocenters. The summed E-state index contributed by atoms with van der Waals surface area (Å²) < 4.78 is 37.4. The number of hydrogen-bond donors (Lipinski definition) is 1. The van der Waals surface area contributed by atoms with Crippen LogP contribution in [0.15, 0.2) is 36.4 Å². The minimum Gasteiger partial charge on any atom is -0.497 e. The van der Waals surface area contributed by atoms with Gasteiger partial charge in [-0.05, 0) is 31.2 Å². The van der Waals surface area contributed by atoms with E-state index >= 15 is 0 Å². The van der Waals surface area contributed by atoms with Crippen molar-refractivity contribution in [2.45, 2.75) is 13.0 Å². The minimum absolute atomic E-state index is 0.111. The first kappa shape index (κ1) is 15.1. The minimum atomic E-state index is -0.892. The van der Waals surface area contributed by atoms with Crippen LogP contribution in [0.5, 0.6) is 11.5 Å². The third-order valence-electron chi connectivity index (χ3n) is 3.23. The van der Waals surface area contributed by atoms with E-state index in [4.69, 9.17) is 9.47 Å². The van der Waals surface area contributed by atoms with Gasteiger partial charge in [0.05, 0.1) is 25.9 Å². The summed E-state index contributed by atoms with van der Waals surface area (Å²) in [6.45, 7) is 1.84. The normalized spacial score (nSPS) is 11.9. The summed E-state index contributed by atoms with van der Waals surface area (Å²) in [4.78, 5) is 0. The molecule has 0 saturated carbocycles. The standard InChI is InChI=1S/C16H17F2NO2/c1-10(19-14-6-4-5-13(17)16(14)18)12-8-7-11(20-2)9-15(12)21-3/h4-10,19H,1-3H3. The second kappa shape index (κ2) is 6.43. The Balaban J connectivity index is 2.28. The maximum absolute atomic E-state index is 13.7. The second-order valence-corrected chi connectivity index (χ2v) is 4.58. The fourth-order valence-corrected chi connectivity index (χ4v) is 2.10. The highest BCUT2D eigenvalue weighted by Crippen LogP contribution is 2.32. The lowest BCUT2D eigenvalue weighted by Gasteiger charge is -2.19. The summed E-state index contributed by atoms with van der Waals surface area (Å²) in [5.74, 6) is -0.489. The zero-order valence-corrected chi connectivity index (χ0v) is 12.1. The number of benzene rings is 2. The molecule has 0 heterocycles. The van der Waals surface area contributed by atoms with Gasteiger partial charge < -0.3 is 14.8 Å². The number of anilines is 1. The Morgan fingerprint density at radius 1 is 1.05 bits per heavy atom. The predicted octanol–water partition coefficient (Wildman–Crippen LogP) is 4.16. The van der Waals surface area contributed by atoms with Crippen molar-refractivity contribution in [1.82, 2.24) is 0 Å². The van der Waals surface area contributed by atoms with Gasteiger partial charge in [-0.3, -0.25) is 0 Å². The molecule has 5 heteroatoms. The Bertz CT molecular complexity index is 632. The zero-order valence-electron chi connectivity index (χ0n) is 12.1. The third kappa shape index (κ3) is 3.24. The Labute approximate surface area is 122 Å². The van der Waals surface area contributed by atoms with Crippen molar-refractivity contribution >= 4 is 5.69 Å². The van der Waals surface area contributed by atoms with E-state index in [1.807, 2.05) is 13.0 Å². The quantitative estimate of drug-likeness (QED) is 0.898. The van der Waals surface area contributed by atoms with E-state index in [0.717, 1.165) is 11.6 Å². The van der Waals surface area contributed by atoms with Crippen LogP contribution in [0, 0.1) is 11.6 Å². The van der Waals surface area contributed by atoms with E-state index in [1.54, 1.807) is 26.4 Å². The van der Waals surface area contributed by atoms with Gasteiger partial charge in [-0.15, -0.1) is 0 Å². The van der Waals surface area contributed by atoms with Gasteiger partial charge in [0.25, 0.3) is 0 Å². The van der Waals surface area contributed by atoms with E-state index in [9.17, 15) is 8.78 Å². The topological polar surface area (TPSA) is 30.5 Å². The molecule has 0 amide bonds. The van der Waals surface area contributed by atoms with Gasteiger partial charge >= 0.3 is 0 Å². The van der Waals surface area contributed by atoms with Crippen LogP contribution >= 0.6 is 0 Å². The van der Waals surface area contributed by atoms with Gasteiger partial charge in [-0.25, -0.2) is 8.78 Å². The van der Waals surface area contributed by atoms with E-state index < -0.39 is 11.6 Å². The number of halogens is 2. The summed E-state index contributed by atoms with van der Waals surface area (Å²) >= 11 is 0. The summed E-state index contributed by atoms with van der Waals surface area (Å²) in [7, 11) is 3.12. The van der Waals surface area contributed by atoms with Gasteiger partial charge in [-0.2, -0.15) is 0 Å². The number of methoxy groups -OCH3 is 2. The van der Waals surface area contributed by atoms with Crippen molar-refractivity contribution in [1.29, 1.82) is 0 Å². The molecule has 2 rings (SSSR count). The fourth-order valence-electron chi connectivity index (χ4n) is 2.10. The summed E-state index contributed by atoms with van der Waals surface area (Å²) in [6.07, 6.45) is 0. The maximum Gasteiger partial charge on any atom is 0.181 e.